The van der Waals surface area contributed by atoms with Crippen molar-refractivity contribution in [3.63, 3.8) is 0 Å². The quantitative estimate of drug-likeness (QED) is 0.706. The number of para-hydroxylation sites is 1. The van der Waals surface area contributed by atoms with E-state index in [1.165, 1.54) is 5.57 Å². The van der Waals surface area contributed by atoms with Crippen LogP contribution >= 0.6 is 11.6 Å². The molecule has 1 amide bonds. The first-order chi connectivity index (χ1) is 8.75. The van der Waals surface area contributed by atoms with Gasteiger partial charge in [-0.15, -0.1) is 11.6 Å². The van der Waals surface area contributed by atoms with Gasteiger partial charge >= 0.3 is 0 Å². The fourth-order valence-electron chi connectivity index (χ4n) is 2.81. The number of aryl methyl sites for hydroxylation is 1. The minimum absolute atomic E-state index is 0.0500. The van der Waals surface area contributed by atoms with Gasteiger partial charge in [-0.3, -0.25) is 4.79 Å². The van der Waals surface area contributed by atoms with Gasteiger partial charge in [-0.25, -0.2) is 0 Å². The van der Waals surface area contributed by atoms with Crippen LogP contribution in [0.2, 0.25) is 0 Å². The highest BCUT2D eigenvalue weighted by Crippen LogP contribution is 2.41. The number of rotatable bonds is 1. The molecule has 0 aromatic heterocycles. The first kappa shape index (κ1) is 14.1. The molecule has 102 valence electrons. The third-order valence-electron chi connectivity index (χ3n) is 3.59. The van der Waals surface area contributed by atoms with Gasteiger partial charge in [0.05, 0.1) is 11.2 Å². The van der Waals surface area contributed by atoms with Crippen molar-refractivity contribution in [3.8, 4) is 0 Å². The van der Waals surface area contributed by atoms with Crippen molar-refractivity contribution < 1.29 is 4.79 Å². The number of nitrogens with zero attached hydrogens (tertiary/aromatic N) is 1. The summed E-state index contributed by atoms with van der Waals surface area (Å²) in [6.07, 6.45) is 2.13. The monoisotopic (exact) mass is 277 g/mol. The zero-order valence-electron chi connectivity index (χ0n) is 12.1. The van der Waals surface area contributed by atoms with E-state index in [0.29, 0.717) is 0 Å². The maximum atomic E-state index is 12.5. The fourth-order valence-corrected chi connectivity index (χ4v) is 2.90. The van der Waals surface area contributed by atoms with Gasteiger partial charge in [-0.2, -0.15) is 0 Å². The molecule has 0 unspecified atom stereocenters. The fraction of sp³-hybridized carbons (Fsp3) is 0.438. The molecular weight excluding hydrogens is 258 g/mol. The Morgan fingerprint density at radius 3 is 2.53 bits per heavy atom. The standard InChI is InChI=1S/C16H20ClNO/c1-10-7-6-8-13-11(2)9-16(4,5)18(14(10)13)15(19)12(3)17/h6-9,12H,1-5H3/t12-/m0/s1. The molecule has 0 saturated carbocycles. The van der Waals surface area contributed by atoms with Crippen LogP contribution in [0.5, 0.6) is 0 Å². The third kappa shape index (κ3) is 2.30. The molecule has 19 heavy (non-hydrogen) atoms. The van der Waals surface area contributed by atoms with Crippen LogP contribution in [0.3, 0.4) is 0 Å². The van der Waals surface area contributed by atoms with Gasteiger partial charge < -0.3 is 4.90 Å². The molecule has 1 aliphatic rings. The van der Waals surface area contributed by atoms with Gasteiger partial charge in [-0.05, 0) is 45.8 Å². The second-order valence-corrected chi connectivity index (χ2v) is 6.40. The van der Waals surface area contributed by atoms with Crippen LogP contribution in [0.25, 0.3) is 5.57 Å². The molecule has 0 radical (unpaired) electrons. The summed E-state index contributed by atoms with van der Waals surface area (Å²) in [5.41, 5.74) is 4.05. The lowest BCUT2D eigenvalue weighted by Gasteiger charge is -2.43. The number of alkyl halides is 1. The molecule has 2 nitrogen and oxygen atoms in total. The largest absolute Gasteiger partial charge is 0.301 e. The van der Waals surface area contributed by atoms with E-state index in [4.69, 9.17) is 11.6 Å². The maximum Gasteiger partial charge on any atom is 0.245 e. The molecule has 1 atom stereocenters. The number of fused-ring (bicyclic) bond motifs is 1. The number of hydrogen-bond donors (Lipinski definition) is 0. The second-order valence-electron chi connectivity index (χ2n) is 5.74. The average Bonchev–Trinajstić information content (AvgIpc) is 2.29. The first-order valence-electron chi connectivity index (χ1n) is 6.53. The predicted molar refractivity (Wildman–Crippen MR) is 81.7 cm³/mol. The Morgan fingerprint density at radius 2 is 1.95 bits per heavy atom. The highest BCUT2D eigenvalue weighted by Gasteiger charge is 2.37. The summed E-state index contributed by atoms with van der Waals surface area (Å²) in [5, 5.41) is -0.529. The van der Waals surface area contributed by atoms with E-state index in [0.717, 1.165) is 16.8 Å². The van der Waals surface area contributed by atoms with Crippen LogP contribution in [-0.4, -0.2) is 16.8 Å². The number of carbonyl (C=O) groups is 1. The number of hydrogen-bond acceptors (Lipinski definition) is 1. The Bertz CT molecular complexity index is 558. The molecule has 0 bridgehead atoms. The number of allylic oxidation sites excluding steroid dienone is 1. The second kappa shape index (κ2) is 4.68. The van der Waals surface area contributed by atoms with Crippen LogP contribution in [0, 0.1) is 6.92 Å². The number of halogens is 1. The maximum absolute atomic E-state index is 12.5. The van der Waals surface area contributed by atoms with Gasteiger partial charge in [0.25, 0.3) is 0 Å². The number of amides is 1. The van der Waals surface area contributed by atoms with E-state index >= 15 is 0 Å². The Kier molecular flexibility index (Phi) is 3.48. The molecule has 0 aliphatic carbocycles. The molecular formula is C16H20ClNO. The van der Waals surface area contributed by atoms with Crippen LogP contribution < -0.4 is 4.90 Å². The lowest BCUT2D eigenvalue weighted by Crippen LogP contribution is -2.51. The topological polar surface area (TPSA) is 20.3 Å². The summed E-state index contributed by atoms with van der Waals surface area (Å²) in [4.78, 5) is 14.3. The molecule has 0 saturated heterocycles. The minimum Gasteiger partial charge on any atom is -0.301 e. The van der Waals surface area contributed by atoms with Gasteiger partial charge in [-0.1, -0.05) is 24.3 Å². The number of benzene rings is 1. The molecule has 1 heterocycles. The number of carbonyl (C=O) groups excluding carboxylic acids is 1. The van der Waals surface area contributed by atoms with Gasteiger partial charge in [0.2, 0.25) is 5.91 Å². The van der Waals surface area contributed by atoms with E-state index < -0.39 is 5.38 Å². The van der Waals surface area contributed by atoms with E-state index in [9.17, 15) is 4.79 Å². The van der Waals surface area contributed by atoms with Crippen LogP contribution in [0.4, 0.5) is 5.69 Å². The minimum atomic E-state index is -0.529. The lowest BCUT2D eigenvalue weighted by atomic mass is 9.87. The zero-order chi connectivity index (χ0) is 14.4. The molecule has 2 rings (SSSR count). The van der Waals surface area contributed by atoms with E-state index in [-0.39, 0.29) is 11.4 Å². The van der Waals surface area contributed by atoms with Crippen molar-refractivity contribution in [1.29, 1.82) is 0 Å². The Labute approximate surface area is 120 Å². The molecule has 1 aliphatic heterocycles. The van der Waals surface area contributed by atoms with Crippen molar-refractivity contribution >= 4 is 28.8 Å². The molecule has 0 fully saturated rings. The Morgan fingerprint density at radius 1 is 1.32 bits per heavy atom. The summed E-state index contributed by atoms with van der Waals surface area (Å²) in [7, 11) is 0. The predicted octanol–water partition coefficient (Wildman–Crippen LogP) is 4.15. The average molecular weight is 278 g/mol. The lowest BCUT2D eigenvalue weighted by molar-refractivity contribution is -0.118. The van der Waals surface area contributed by atoms with E-state index in [1.54, 1.807) is 6.92 Å². The van der Waals surface area contributed by atoms with E-state index in [1.807, 2.05) is 37.8 Å². The summed E-state index contributed by atoms with van der Waals surface area (Å²) in [6, 6.07) is 6.12. The zero-order valence-corrected chi connectivity index (χ0v) is 12.9. The molecule has 3 heteroatoms. The third-order valence-corrected chi connectivity index (χ3v) is 3.78. The molecule has 1 aromatic rings. The van der Waals surface area contributed by atoms with Crippen molar-refractivity contribution in [1.82, 2.24) is 0 Å². The molecule has 0 N–H and O–H groups in total. The Hall–Kier alpha value is -1.28. The van der Waals surface area contributed by atoms with Crippen molar-refractivity contribution in [2.45, 2.75) is 45.5 Å². The SMILES string of the molecule is CC1=CC(C)(C)N(C(=O)[C@H](C)Cl)c2c(C)cccc21. The highest BCUT2D eigenvalue weighted by molar-refractivity contribution is 6.33. The highest BCUT2D eigenvalue weighted by atomic mass is 35.5. The van der Waals surface area contributed by atoms with Gasteiger partial charge in [0.15, 0.2) is 0 Å². The normalized spacial score (nSPS) is 18.6. The van der Waals surface area contributed by atoms with Crippen LogP contribution in [0.15, 0.2) is 24.3 Å². The van der Waals surface area contributed by atoms with Crippen molar-refractivity contribution in [3.05, 3.63) is 35.4 Å². The summed E-state index contributed by atoms with van der Waals surface area (Å²) in [5.74, 6) is -0.0500. The molecule has 0 spiro atoms. The molecule has 1 aromatic carbocycles. The first-order valence-corrected chi connectivity index (χ1v) is 6.97. The van der Waals surface area contributed by atoms with Crippen molar-refractivity contribution in [2.75, 3.05) is 4.90 Å². The van der Waals surface area contributed by atoms with E-state index in [2.05, 4.69) is 19.1 Å². The van der Waals surface area contributed by atoms with Crippen LogP contribution in [-0.2, 0) is 4.79 Å². The van der Waals surface area contributed by atoms with Gasteiger partial charge in [0, 0.05) is 5.56 Å². The van der Waals surface area contributed by atoms with Crippen molar-refractivity contribution in [2.24, 2.45) is 0 Å². The Balaban J connectivity index is 2.70. The smallest absolute Gasteiger partial charge is 0.245 e. The number of anilines is 1. The van der Waals surface area contributed by atoms with Crippen LogP contribution in [0.1, 0.15) is 38.8 Å². The summed E-state index contributed by atoms with van der Waals surface area (Å²) < 4.78 is 0. The summed E-state index contributed by atoms with van der Waals surface area (Å²) in [6.45, 7) is 9.94. The summed E-state index contributed by atoms with van der Waals surface area (Å²) >= 11 is 6.03. The van der Waals surface area contributed by atoms with Gasteiger partial charge in [0.1, 0.15) is 5.38 Å².